The maximum atomic E-state index is 13.5. The normalized spacial score (nSPS) is 14.4. The molecule has 0 saturated carbocycles. The summed E-state index contributed by atoms with van der Waals surface area (Å²) in [5, 5.41) is 0.0983. The van der Waals surface area contributed by atoms with E-state index in [2.05, 4.69) is 25.6 Å². The Balaban J connectivity index is 3.05. The predicted molar refractivity (Wildman–Crippen MR) is 76.2 cm³/mol. The standard InChI is InChI=1S/C12H18BrFN2O2S/c1-12(2,3)10(6-7-13)16-19(17,18)11-9(14)5-4-8-15-11/h4-5,8,10,16H,6-7H2,1-3H3. The van der Waals surface area contributed by atoms with Gasteiger partial charge in [-0.2, -0.15) is 0 Å². The lowest BCUT2D eigenvalue weighted by molar-refractivity contribution is 0.293. The first-order chi connectivity index (χ1) is 8.68. The van der Waals surface area contributed by atoms with Crippen molar-refractivity contribution in [2.24, 2.45) is 5.41 Å². The lowest BCUT2D eigenvalue weighted by atomic mass is 9.86. The molecule has 4 nitrogen and oxygen atoms in total. The van der Waals surface area contributed by atoms with Crippen LogP contribution in [0.4, 0.5) is 4.39 Å². The van der Waals surface area contributed by atoms with Gasteiger partial charge in [-0.15, -0.1) is 0 Å². The zero-order valence-corrected chi connectivity index (χ0v) is 13.6. The third-order valence-electron chi connectivity index (χ3n) is 2.72. The Morgan fingerprint density at radius 1 is 1.47 bits per heavy atom. The molecule has 108 valence electrons. The molecule has 1 aromatic rings. The molecule has 7 heteroatoms. The van der Waals surface area contributed by atoms with Crippen molar-refractivity contribution in [3.63, 3.8) is 0 Å². The van der Waals surface area contributed by atoms with Gasteiger partial charge in [0.2, 0.25) is 5.03 Å². The van der Waals surface area contributed by atoms with E-state index in [9.17, 15) is 12.8 Å². The molecule has 1 atom stereocenters. The topological polar surface area (TPSA) is 59.1 Å². The Labute approximate surface area is 122 Å². The van der Waals surface area contributed by atoms with Crippen molar-refractivity contribution in [3.05, 3.63) is 24.1 Å². The van der Waals surface area contributed by atoms with Crippen molar-refractivity contribution in [1.82, 2.24) is 9.71 Å². The molecule has 1 rings (SSSR count). The van der Waals surface area contributed by atoms with Crippen molar-refractivity contribution < 1.29 is 12.8 Å². The van der Waals surface area contributed by atoms with E-state index in [-0.39, 0.29) is 11.5 Å². The van der Waals surface area contributed by atoms with Crippen LogP contribution in [-0.2, 0) is 10.0 Å². The summed E-state index contributed by atoms with van der Waals surface area (Å²) in [5.74, 6) is -0.846. The first kappa shape index (κ1) is 16.5. The van der Waals surface area contributed by atoms with E-state index in [1.165, 1.54) is 12.3 Å². The fourth-order valence-electron chi connectivity index (χ4n) is 1.59. The quantitative estimate of drug-likeness (QED) is 0.828. The highest BCUT2D eigenvalue weighted by Gasteiger charge is 2.31. The van der Waals surface area contributed by atoms with Crippen LogP contribution in [0.3, 0.4) is 0 Å². The summed E-state index contributed by atoms with van der Waals surface area (Å²) >= 11 is 3.30. The van der Waals surface area contributed by atoms with Gasteiger partial charge in [0.15, 0.2) is 5.82 Å². The average molecular weight is 353 g/mol. The molecule has 0 bridgehead atoms. The van der Waals surface area contributed by atoms with Gasteiger partial charge in [0, 0.05) is 17.6 Å². The second-order valence-electron chi connectivity index (χ2n) is 5.31. The first-order valence-electron chi connectivity index (χ1n) is 5.87. The molecule has 0 saturated heterocycles. The molecule has 0 amide bonds. The highest BCUT2D eigenvalue weighted by Crippen LogP contribution is 2.24. The van der Waals surface area contributed by atoms with Gasteiger partial charge in [-0.25, -0.2) is 22.5 Å². The number of nitrogens with one attached hydrogen (secondary N) is 1. The minimum absolute atomic E-state index is 0.272. The number of aromatic nitrogens is 1. The molecule has 19 heavy (non-hydrogen) atoms. The Kier molecular flexibility index (Phi) is 5.46. The predicted octanol–water partition coefficient (Wildman–Crippen LogP) is 2.70. The van der Waals surface area contributed by atoms with Crippen LogP contribution in [0.25, 0.3) is 0 Å². The molecule has 1 heterocycles. The number of rotatable bonds is 5. The van der Waals surface area contributed by atoms with Crippen molar-refractivity contribution in [2.45, 2.75) is 38.3 Å². The van der Waals surface area contributed by atoms with Crippen LogP contribution < -0.4 is 4.72 Å². The Morgan fingerprint density at radius 2 is 2.11 bits per heavy atom. The maximum Gasteiger partial charge on any atom is 0.261 e. The lowest BCUT2D eigenvalue weighted by Crippen LogP contribution is -2.44. The number of alkyl halides is 1. The fourth-order valence-corrected chi connectivity index (χ4v) is 3.53. The Hall–Kier alpha value is -0.530. The van der Waals surface area contributed by atoms with Crippen LogP contribution in [0.1, 0.15) is 27.2 Å². The molecule has 1 unspecified atom stereocenters. The van der Waals surface area contributed by atoms with E-state index in [0.717, 1.165) is 6.07 Å². The summed E-state index contributed by atoms with van der Waals surface area (Å²) < 4.78 is 40.4. The van der Waals surface area contributed by atoms with Crippen molar-refractivity contribution in [3.8, 4) is 0 Å². The molecule has 0 aliphatic rings. The van der Waals surface area contributed by atoms with E-state index in [1.807, 2.05) is 20.8 Å². The molecule has 0 radical (unpaired) electrons. The Bertz CT molecular complexity index is 529. The molecule has 0 spiro atoms. The smallest absolute Gasteiger partial charge is 0.241 e. The molecule has 0 aromatic carbocycles. The van der Waals surface area contributed by atoms with Crippen LogP contribution in [0.2, 0.25) is 0 Å². The minimum atomic E-state index is -3.95. The van der Waals surface area contributed by atoms with Gasteiger partial charge < -0.3 is 0 Å². The molecule has 1 aromatic heterocycles. The lowest BCUT2D eigenvalue weighted by Gasteiger charge is -2.30. The molecular formula is C12H18BrFN2O2S. The summed E-state index contributed by atoms with van der Waals surface area (Å²) in [6.45, 7) is 5.78. The zero-order valence-electron chi connectivity index (χ0n) is 11.2. The number of hydrogen-bond acceptors (Lipinski definition) is 3. The van der Waals surface area contributed by atoms with Gasteiger partial charge >= 0.3 is 0 Å². The van der Waals surface area contributed by atoms with Gasteiger partial charge in [-0.1, -0.05) is 36.7 Å². The van der Waals surface area contributed by atoms with E-state index >= 15 is 0 Å². The largest absolute Gasteiger partial charge is 0.261 e. The third-order valence-corrected chi connectivity index (χ3v) is 4.58. The molecule has 1 N–H and O–H groups in total. The van der Waals surface area contributed by atoms with Gasteiger partial charge in [0.05, 0.1) is 0 Å². The van der Waals surface area contributed by atoms with Crippen molar-refractivity contribution in [2.75, 3.05) is 5.33 Å². The van der Waals surface area contributed by atoms with Gasteiger partial charge in [0.1, 0.15) is 0 Å². The third kappa shape index (κ3) is 4.50. The molecular weight excluding hydrogens is 335 g/mol. The molecule has 0 aliphatic heterocycles. The van der Waals surface area contributed by atoms with Crippen LogP contribution in [0.15, 0.2) is 23.4 Å². The zero-order chi connectivity index (χ0) is 14.7. The van der Waals surface area contributed by atoms with Crippen LogP contribution >= 0.6 is 15.9 Å². The van der Waals surface area contributed by atoms with Crippen LogP contribution in [0, 0.1) is 11.2 Å². The number of hydrogen-bond donors (Lipinski definition) is 1. The second kappa shape index (κ2) is 6.28. The van der Waals surface area contributed by atoms with E-state index in [1.54, 1.807) is 0 Å². The summed E-state index contributed by atoms with van der Waals surface area (Å²) in [6, 6.07) is 2.13. The SMILES string of the molecule is CC(C)(C)C(CCBr)NS(=O)(=O)c1ncccc1F. The van der Waals surface area contributed by atoms with E-state index in [4.69, 9.17) is 0 Å². The summed E-state index contributed by atoms with van der Waals surface area (Å²) in [7, 11) is -3.95. The van der Waals surface area contributed by atoms with Gasteiger partial charge in [0.25, 0.3) is 10.0 Å². The van der Waals surface area contributed by atoms with Crippen LogP contribution in [0.5, 0.6) is 0 Å². The second-order valence-corrected chi connectivity index (χ2v) is 7.73. The summed E-state index contributed by atoms with van der Waals surface area (Å²) in [5.41, 5.74) is -0.272. The monoisotopic (exact) mass is 352 g/mol. The summed E-state index contributed by atoms with van der Waals surface area (Å²) in [4.78, 5) is 3.61. The minimum Gasteiger partial charge on any atom is -0.241 e. The van der Waals surface area contributed by atoms with Gasteiger partial charge in [-0.05, 0) is 24.0 Å². The molecule has 0 aliphatic carbocycles. The maximum absolute atomic E-state index is 13.5. The number of sulfonamides is 1. The Morgan fingerprint density at radius 3 is 2.58 bits per heavy atom. The number of pyridine rings is 1. The first-order valence-corrected chi connectivity index (χ1v) is 8.48. The summed E-state index contributed by atoms with van der Waals surface area (Å²) in [6.07, 6.45) is 1.87. The number of halogens is 2. The average Bonchev–Trinajstić information content (AvgIpc) is 2.27. The van der Waals surface area contributed by atoms with E-state index < -0.39 is 20.9 Å². The van der Waals surface area contributed by atoms with Crippen molar-refractivity contribution >= 4 is 26.0 Å². The highest BCUT2D eigenvalue weighted by atomic mass is 79.9. The van der Waals surface area contributed by atoms with Crippen molar-refractivity contribution in [1.29, 1.82) is 0 Å². The fraction of sp³-hybridized carbons (Fsp3) is 0.583. The van der Waals surface area contributed by atoms with E-state index in [0.29, 0.717) is 11.8 Å². The van der Waals surface area contributed by atoms with Gasteiger partial charge in [-0.3, -0.25) is 0 Å². The molecule has 0 fully saturated rings. The number of nitrogens with zero attached hydrogens (tertiary/aromatic N) is 1. The highest BCUT2D eigenvalue weighted by molar-refractivity contribution is 9.09. The van der Waals surface area contributed by atoms with Crippen LogP contribution in [-0.4, -0.2) is 24.8 Å².